The highest BCUT2D eigenvalue weighted by Gasteiger charge is 2.28. The topological polar surface area (TPSA) is 119 Å². The third-order valence-electron chi connectivity index (χ3n) is 6.51. The minimum absolute atomic E-state index is 0.0990. The van der Waals surface area contributed by atoms with Crippen molar-refractivity contribution >= 4 is 22.9 Å². The van der Waals surface area contributed by atoms with Gasteiger partial charge in [0.1, 0.15) is 11.6 Å². The van der Waals surface area contributed by atoms with Gasteiger partial charge in [-0.1, -0.05) is 24.3 Å². The van der Waals surface area contributed by atoms with E-state index >= 15 is 0 Å². The number of nitrogens with one attached hydrogen (secondary N) is 1. The number of benzene rings is 2. The molecule has 0 radical (unpaired) electrons. The minimum atomic E-state index is -0.938. The molecule has 1 aliphatic heterocycles. The van der Waals surface area contributed by atoms with Gasteiger partial charge < -0.3 is 25.8 Å². The number of amides is 1. The molecule has 0 bridgehead atoms. The SMILES string of the molecule is COc1ccc(Cn2nc(N[C@@H]3CCN(C(=O)O)C3)c3c(-c4ccc(CN)c(F)c4)ccnc32)cc1. The summed E-state index contributed by atoms with van der Waals surface area (Å²) < 4.78 is 21.7. The fourth-order valence-electron chi connectivity index (χ4n) is 4.58. The number of aromatic nitrogens is 3. The summed E-state index contributed by atoms with van der Waals surface area (Å²) in [6.45, 7) is 1.39. The molecule has 0 spiro atoms. The number of ether oxygens (including phenoxy) is 1. The fraction of sp³-hybridized carbons (Fsp3) is 0.269. The molecule has 36 heavy (non-hydrogen) atoms. The summed E-state index contributed by atoms with van der Waals surface area (Å²) >= 11 is 0. The van der Waals surface area contributed by atoms with Crippen molar-refractivity contribution in [3.05, 3.63) is 71.7 Å². The van der Waals surface area contributed by atoms with Gasteiger partial charge in [0.05, 0.1) is 19.0 Å². The summed E-state index contributed by atoms with van der Waals surface area (Å²) in [6, 6.07) is 14.4. The van der Waals surface area contributed by atoms with E-state index in [0.717, 1.165) is 22.3 Å². The Morgan fingerprint density at radius 3 is 2.72 bits per heavy atom. The highest BCUT2D eigenvalue weighted by molar-refractivity contribution is 6.01. The van der Waals surface area contributed by atoms with Crippen LogP contribution in [0.1, 0.15) is 17.5 Å². The zero-order chi connectivity index (χ0) is 25.2. The van der Waals surface area contributed by atoms with Crippen LogP contribution in [0.5, 0.6) is 5.75 Å². The van der Waals surface area contributed by atoms with Crippen LogP contribution < -0.4 is 15.8 Å². The maximum Gasteiger partial charge on any atom is 0.407 e. The van der Waals surface area contributed by atoms with E-state index in [-0.39, 0.29) is 18.4 Å². The standard InChI is InChI=1S/C26H27FN6O3/c1-36-20-6-2-16(3-7-20)14-33-25-23(24(31-33)30-19-9-11-32(15-19)26(34)35)21(8-10-29-25)17-4-5-18(13-28)22(27)12-17/h2-8,10,12,19H,9,11,13-15,28H2,1H3,(H,30,31)(H,34,35)/t19-/m1/s1. The van der Waals surface area contributed by atoms with Crippen molar-refractivity contribution in [1.29, 1.82) is 0 Å². The average Bonchev–Trinajstić information content (AvgIpc) is 3.50. The van der Waals surface area contributed by atoms with Crippen LogP contribution in [0.3, 0.4) is 0 Å². The van der Waals surface area contributed by atoms with Gasteiger partial charge in [-0.2, -0.15) is 5.10 Å². The minimum Gasteiger partial charge on any atom is -0.497 e. The summed E-state index contributed by atoms with van der Waals surface area (Å²) in [7, 11) is 1.62. The van der Waals surface area contributed by atoms with Crippen LogP contribution in [0.2, 0.25) is 0 Å². The van der Waals surface area contributed by atoms with Crippen molar-refractivity contribution in [2.24, 2.45) is 5.73 Å². The number of carboxylic acid groups (broad SMARTS) is 1. The maximum absolute atomic E-state index is 14.6. The predicted octanol–water partition coefficient (Wildman–Crippen LogP) is 3.92. The van der Waals surface area contributed by atoms with Crippen LogP contribution in [0.4, 0.5) is 15.0 Å². The van der Waals surface area contributed by atoms with Crippen LogP contribution in [0.15, 0.2) is 54.7 Å². The molecule has 1 amide bonds. The highest BCUT2D eigenvalue weighted by Crippen LogP contribution is 2.34. The van der Waals surface area contributed by atoms with Gasteiger partial charge in [-0.25, -0.2) is 18.9 Å². The van der Waals surface area contributed by atoms with E-state index in [1.165, 1.54) is 11.0 Å². The average molecular weight is 491 g/mol. The number of nitrogens with two attached hydrogens (primary N) is 1. The van der Waals surface area contributed by atoms with Gasteiger partial charge in [0, 0.05) is 37.4 Å². The molecule has 1 atom stereocenters. The van der Waals surface area contributed by atoms with E-state index in [2.05, 4.69) is 10.3 Å². The molecule has 2 aromatic heterocycles. The first-order chi connectivity index (χ1) is 17.5. The second kappa shape index (κ2) is 9.82. The highest BCUT2D eigenvalue weighted by atomic mass is 19.1. The number of fused-ring (bicyclic) bond motifs is 1. The zero-order valence-corrected chi connectivity index (χ0v) is 19.8. The Labute approximate surface area is 207 Å². The molecule has 0 saturated carbocycles. The number of halogens is 1. The number of nitrogens with zero attached hydrogens (tertiary/aromatic N) is 4. The van der Waals surface area contributed by atoms with E-state index in [1.807, 2.05) is 36.4 Å². The molecule has 186 valence electrons. The molecule has 5 rings (SSSR count). The van der Waals surface area contributed by atoms with Gasteiger partial charge in [0.15, 0.2) is 11.5 Å². The number of rotatable bonds is 7. The molecular weight excluding hydrogens is 463 g/mol. The fourth-order valence-corrected chi connectivity index (χ4v) is 4.58. The molecule has 9 nitrogen and oxygen atoms in total. The van der Waals surface area contributed by atoms with Crippen LogP contribution in [-0.4, -0.2) is 57.1 Å². The molecule has 4 N–H and O–H groups in total. The van der Waals surface area contributed by atoms with Gasteiger partial charge in [-0.05, 0) is 47.4 Å². The zero-order valence-electron chi connectivity index (χ0n) is 19.8. The summed E-state index contributed by atoms with van der Waals surface area (Å²) in [5, 5.41) is 18.4. The Balaban J connectivity index is 1.58. The van der Waals surface area contributed by atoms with E-state index in [1.54, 1.807) is 24.1 Å². The number of anilines is 1. The van der Waals surface area contributed by atoms with Crippen molar-refractivity contribution in [2.45, 2.75) is 25.6 Å². The molecule has 0 unspecified atom stereocenters. The summed E-state index contributed by atoms with van der Waals surface area (Å²) in [5.74, 6) is 0.981. The van der Waals surface area contributed by atoms with Crippen molar-refractivity contribution in [2.75, 3.05) is 25.5 Å². The van der Waals surface area contributed by atoms with Crippen molar-refractivity contribution in [3.63, 3.8) is 0 Å². The second-order valence-electron chi connectivity index (χ2n) is 8.78. The number of pyridine rings is 1. The molecule has 1 aliphatic rings. The smallest absolute Gasteiger partial charge is 0.407 e. The van der Waals surface area contributed by atoms with E-state index in [0.29, 0.717) is 48.6 Å². The maximum atomic E-state index is 14.6. The number of carbonyl (C=O) groups is 1. The summed E-state index contributed by atoms with van der Waals surface area (Å²) in [5.41, 5.74) is 9.20. The Bertz CT molecular complexity index is 1410. The van der Waals surface area contributed by atoms with Gasteiger partial charge >= 0.3 is 6.09 Å². The van der Waals surface area contributed by atoms with E-state index in [9.17, 15) is 14.3 Å². The Kier molecular flexibility index (Phi) is 6.43. The quantitative estimate of drug-likeness (QED) is 0.359. The summed E-state index contributed by atoms with van der Waals surface area (Å²) in [6.07, 6.45) is 1.41. The van der Waals surface area contributed by atoms with Crippen LogP contribution in [0.25, 0.3) is 22.2 Å². The largest absolute Gasteiger partial charge is 0.497 e. The first-order valence-electron chi connectivity index (χ1n) is 11.7. The lowest BCUT2D eigenvalue weighted by molar-refractivity contribution is 0.155. The third kappa shape index (κ3) is 4.55. The Hall–Kier alpha value is -4.18. The van der Waals surface area contributed by atoms with E-state index in [4.69, 9.17) is 15.6 Å². The monoisotopic (exact) mass is 490 g/mol. The van der Waals surface area contributed by atoms with Crippen molar-refractivity contribution in [1.82, 2.24) is 19.7 Å². The number of hydrogen-bond acceptors (Lipinski definition) is 6. The van der Waals surface area contributed by atoms with Gasteiger partial charge in [-0.3, -0.25) is 0 Å². The first-order valence-corrected chi connectivity index (χ1v) is 11.7. The normalized spacial score (nSPS) is 15.4. The van der Waals surface area contributed by atoms with Gasteiger partial charge in [-0.15, -0.1) is 0 Å². The summed E-state index contributed by atoms with van der Waals surface area (Å²) in [4.78, 5) is 17.4. The number of hydrogen-bond donors (Lipinski definition) is 3. The van der Waals surface area contributed by atoms with Crippen molar-refractivity contribution < 1.29 is 19.0 Å². The molecule has 3 heterocycles. The molecule has 0 aliphatic carbocycles. The van der Waals surface area contributed by atoms with Gasteiger partial charge in [0.2, 0.25) is 0 Å². The molecule has 1 saturated heterocycles. The predicted molar refractivity (Wildman–Crippen MR) is 135 cm³/mol. The molecule has 2 aromatic carbocycles. The molecule has 1 fully saturated rings. The lowest BCUT2D eigenvalue weighted by Gasteiger charge is -2.14. The van der Waals surface area contributed by atoms with Gasteiger partial charge in [0.25, 0.3) is 0 Å². The van der Waals surface area contributed by atoms with Crippen LogP contribution >= 0.6 is 0 Å². The molecule has 10 heteroatoms. The first kappa shape index (κ1) is 23.6. The molecular formula is C26H27FN6O3. The number of methoxy groups -OCH3 is 1. The van der Waals surface area contributed by atoms with Crippen molar-refractivity contribution in [3.8, 4) is 16.9 Å². The Morgan fingerprint density at radius 1 is 1.25 bits per heavy atom. The molecule has 4 aromatic rings. The lowest BCUT2D eigenvalue weighted by atomic mass is 10.0. The van der Waals surface area contributed by atoms with Crippen LogP contribution in [0, 0.1) is 5.82 Å². The number of likely N-dealkylation sites (tertiary alicyclic amines) is 1. The lowest BCUT2D eigenvalue weighted by Crippen LogP contribution is -2.30. The second-order valence-corrected chi connectivity index (χ2v) is 8.78. The third-order valence-corrected chi connectivity index (χ3v) is 6.51. The van der Waals surface area contributed by atoms with E-state index < -0.39 is 6.09 Å². The Morgan fingerprint density at radius 2 is 2.06 bits per heavy atom. The van der Waals surface area contributed by atoms with Crippen LogP contribution in [-0.2, 0) is 13.1 Å².